The molecule has 0 fully saturated rings. The average molecular weight is 261 g/mol. The Bertz CT molecular complexity index is 286. The van der Waals surface area contributed by atoms with E-state index in [1.54, 1.807) is 6.20 Å². The van der Waals surface area contributed by atoms with E-state index in [1.165, 1.54) is 57.1 Å². The third-order valence-corrected chi connectivity index (χ3v) is 3.37. The molecule has 1 heteroatoms. The highest BCUT2D eigenvalue weighted by molar-refractivity contribution is 5.97. The van der Waals surface area contributed by atoms with E-state index in [4.69, 9.17) is 0 Å². The predicted molar refractivity (Wildman–Crippen MR) is 88.7 cm³/mol. The van der Waals surface area contributed by atoms with E-state index in [1.807, 2.05) is 12.2 Å². The standard InChI is InChI=1S/C18H31N/c1-5-9-12-13-15-17(14-10-6-2)18(19-8-4)16-11-7-3/h7-8,11,16-17H,3-6,9-10,12-15H2,1-2H3/b16-11-,19-18+. The minimum atomic E-state index is 0.575. The van der Waals surface area contributed by atoms with E-state index in [0.29, 0.717) is 5.92 Å². The van der Waals surface area contributed by atoms with Gasteiger partial charge < -0.3 is 0 Å². The van der Waals surface area contributed by atoms with Crippen molar-refractivity contribution in [2.45, 2.75) is 65.2 Å². The van der Waals surface area contributed by atoms with Crippen LogP contribution in [0.15, 0.2) is 42.6 Å². The van der Waals surface area contributed by atoms with Gasteiger partial charge in [-0.2, -0.15) is 0 Å². The summed E-state index contributed by atoms with van der Waals surface area (Å²) < 4.78 is 0. The molecular formula is C18H31N. The van der Waals surface area contributed by atoms with Gasteiger partial charge in [-0.1, -0.05) is 77.7 Å². The van der Waals surface area contributed by atoms with Crippen LogP contribution in [0.25, 0.3) is 0 Å². The van der Waals surface area contributed by atoms with Gasteiger partial charge in [-0.05, 0) is 18.9 Å². The van der Waals surface area contributed by atoms with Crippen LogP contribution < -0.4 is 0 Å². The Balaban J connectivity index is 4.56. The molecule has 108 valence electrons. The van der Waals surface area contributed by atoms with Crippen LogP contribution in [0.2, 0.25) is 0 Å². The number of aliphatic imine (C=N–C) groups is 1. The summed E-state index contributed by atoms with van der Waals surface area (Å²) in [6.45, 7) is 12.0. The monoisotopic (exact) mass is 261 g/mol. The summed E-state index contributed by atoms with van der Waals surface area (Å²) >= 11 is 0. The van der Waals surface area contributed by atoms with E-state index in [9.17, 15) is 0 Å². The van der Waals surface area contributed by atoms with Gasteiger partial charge in [-0.3, -0.25) is 4.99 Å². The van der Waals surface area contributed by atoms with Crippen LogP contribution >= 0.6 is 0 Å². The van der Waals surface area contributed by atoms with Gasteiger partial charge in [0.25, 0.3) is 0 Å². The van der Waals surface area contributed by atoms with Crippen LogP contribution in [0, 0.1) is 5.92 Å². The number of rotatable bonds is 12. The predicted octanol–water partition coefficient (Wildman–Crippen LogP) is 6.09. The second-order valence-corrected chi connectivity index (χ2v) is 5.02. The molecule has 19 heavy (non-hydrogen) atoms. The zero-order valence-corrected chi connectivity index (χ0v) is 12.9. The van der Waals surface area contributed by atoms with Crippen LogP contribution in [0.1, 0.15) is 65.2 Å². The molecule has 0 aliphatic heterocycles. The normalized spacial score (nSPS) is 13.7. The molecule has 0 bridgehead atoms. The minimum Gasteiger partial charge on any atom is -0.262 e. The average Bonchev–Trinajstić information content (AvgIpc) is 2.43. The molecule has 0 rings (SSSR count). The summed E-state index contributed by atoms with van der Waals surface area (Å²) in [5.74, 6) is 0.575. The van der Waals surface area contributed by atoms with Crippen molar-refractivity contribution in [1.29, 1.82) is 0 Å². The zero-order chi connectivity index (χ0) is 14.3. The van der Waals surface area contributed by atoms with Crippen LogP contribution in [-0.4, -0.2) is 5.71 Å². The van der Waals surface area contributed by atoms with Crippen molar-refractivity contribution < 1.29 is 0 Å². The van der Waals surface area contributed by atoms with Crippen molar-refractivity contribution in [3.05, 3.63) is 37.6 Å². The smallest absolute Gasteiger partial charge is 0.0434 e. The molecule has 1 nitrogen and oxygen atoms in total. The second kappa shape index (κ2) is 13.3. The molecule has 1 atom stereocenters. The first-order valence-electron chi connectivity index (χ1n) is 7.77. The van der Waals surface area contributed by atoms with E-state index in [2.05, 4.69) is 38.1 Å². The molecule has 0 aromatic heterocycles. The zero-order valence-electron chi connectivity index (χ0n) is 12.9. The Labute approximate surface area is 120 Å². The first-order chi connectivity index (χ1) is 9.29. The topological polar surface area (TPSA) is 12.4 Å². The van der Waals surface area contributed by atoms with Gasteiger partial charge in [-0.15, -0.1) is 0 Å². The van der Waals surface area contributed by atoms with Crippen molar-refractivity contribution in [1.82, 2.24) is 0 Å². The van der Waals surface area contributed by atoms with Crippen molar-refractivity contribution >= 4 is 5.71 Å². The number of nitrogens with zero attached hydrogens (tertiary/aromatic N) is 1. The van der Waals surface area contributed by atoms with Gasteiger partial charge in [0.05, 0.1) is 0 Å². The third-order valence-electron chi connectivity index (χ3n) is 3.37. The number of hydrogen-bond acceptors (Lipinski definition) is 1. The van der Waals surface area contributed by atoms with Crippen molar-refractivity contribution in [3.8, 4) is 0 Å². The lowest BCUT2D eigenvalue weighted by Crippen LogP contribution is -2.12. The fraction of sp³-hybridized carbons (Fsp3) is 0.611. The summed E-state index contributed by atoms with van der Waals surface area (Å²) in [5.41, 5.74) is 1.17. The summed E-state index contributed by atoms with van der Waals surface area (Å²) in [4.78, 5) is 4.46. The van der Waals surface area contributed by atoms with Gasteiger partial charge >= 0.3 is 0 Å². The van der Waals surface area contributed by atoms with Gasteiger partial charge in [0.1, 0.15) is 0 Å². The maximum Gasteiger partial charge on any atom is 0.0434 e. The molecule has 0 aliphatic rings. The Morgan fingerprint density at radius 2 is 1.68 bits per heavy atom. The maximum atomic E-state index is 4.46. The van der Waals surface area contributed by atoms with Crippen LogP contribution in [0.4, 0.5) is 0 Å². The fourth-order valence-electron chi connectivity index (χ4n) is 2.26. The summed E-state index contributed by atoms with van der Waals surface area (Å²) in [5, 5.41) is 0. The first-order valence-corrected chi connectivity index (χ1v) is 7.77. The van der Waals surface area contributed by atoms with Crippen LogP contribution in [-0.2, 0) is 0 Å². The highest BCUT2D eigenvalue weighted by Crippen LogP contribution is 2.20. The Morgan fingerprint density at radius 1 is 1.00 bits per heavy atom. The molecule has 0 aromatic rings. The number of hydrogen-bond donors (Lipinski definition) is 0. The lowest BCUT2D eigenvalue weighted by molar-refractivity contribution is 0.507. The Kier molecular flexibility index (Phi) is 12.5. The van der Waals surface area contributed by atoms with E-state index in [-0.39, 0.29) is 0 Å². The van der Waals surface area contributed by atoms with Crippen molar-refractivity contribution in [2.75, 3.05) is 0 Å². The van der Waals surface area contributed by atoms with Crippen LogP contribution in [0.5, 0.6) is 0 Å². The van der Waals surface area contributed by atoms with E-state index in [0.717, 1.165) is 0 Å². The molecule has 0 amide bonds. The van der Waals surface area contributed by atoms with Crippen molar-refractivity contribution in [2.24, 2.45) is 10.9 Å². The van der Waals surface area contributed by atoms with E-state index >= 15 is 0 Å². The molecule has 0 aromatic carbocycles. The quantitative estimate of drug-likeness (QED) is 0.229. The maximum absolute atomic E-state index is 4.46. The molecule has 0 N–H and O–H groups in total. The molecule has 0 spiro atoms. The summed E-state index contributed by atoms with van der Waals surface area (Å²) in [7, 11) is 0. The molecular weight excluding hydrogens is 230 g/mol. The highest BCUT2D eigenvalue weighted by atomic mass is 14.7. The van der Waals surface area contributed by atoms with Gasteiger partial charge in [-0.25, -0.2) is 0 Å². The lowest BCUT2D eigenvalue weighted by atomic mass is 9.90. The van der Waals surface area contributed by atoms with E-state index < -0.39 is 0 Å². The first kappa shape index (κ1) is 17.9. The fourth-order valence-corrected chi connectivity index (χ4v) is 2.26. The van der Waals surface area contributed by atoms with Gasteiger partial charge in [0.2, 0.25) is 0 Å². The van der Waals surface area contributed by atoms with Gasteiger partial charge in [0, 0.05) is 17.8 Å². The third kappa shape index (κ3) is 9.47. The minimum absolute atomic E-state index is 0.575. The van der Waals surface area contributed by atoms with Crippen molar-refractivity contribution in [3.63, 3.8) is 0 Å². The lowest BCUT2D eigenvalue weighted by Gasteiger charge is -2.16. The largest absolute Gasteiger partial charge is 0.262 e. The number of unbranched alkanes of at least 4 members (excludes halogenated alkanes) is 4. The highest BCUT2D eigenvalue weighted by Gasteiger charge is 2.12. The SMILES string of the molecule is C=C/C=C\C(=N/C=C)C(CCCC)CCCCCC. The van der Waals surface area contributed by atoms with Crippen LogP contribution in [0.3, 0.4) is 0 Å². The summed E-state index contributed by atoms with van der Waals surface area (Å²) in [6, 6.07) is 0. The molecule has 0 saturated carbocycles. The molecule has 1 unspecified atom stereocenters. The Hall–Kier alpha value is -1.11. The molecule has 0 heterocycles. The molecule has 0 radical (unpaired) electrons. The summed E-state index contributed by atoms with van der Waals surface area (Å²) in [6.07, 6.45) is 17.8. The molecule has 0 aliphatic carbocycles. The Morgan fingerprint density at radius 3 is 2.26 bits per heavy atom. The molecule has 0 saturated heterocycles. The van der Waals surface area contributed by atoms with Gasteiger partial charge in [0.15, 0.2) is 0 Å². The second-order valence-electron chi connectivity index (χ2n) is 5.02. The number of allylic oxidation sites excluding steroid dienone is 3.